The molecule has 1 N–H and O–H groups in total. The van der Waals surface area contributed by atoms with Gasteiger partial charge in [0.2, 0.25) is 5.91 Å². The van der Waals surface area contributed by atoms with Crippen molar-refractivity contribution < 1.29 is 4.79 Å². The van der Waals surface area contributed by atoms with Crippen LogP contribution in [0.2, 0.25) is 0 Å². The summed E-state index contributed by atoms with van der Waals surface area (Å²) < 4.78 is 0. The van der Waals surface area contributed by atoms with Crippen molar-refractivity contribution in [2.24, 2.45) is 5.41 Å². The number of hydrogen-bond donors (Lipinski definition) is 1. The molecular formula is C11H21NO. The molecule has 1 heterocycles. The molecule has 0 radical (unpaired) electrons. The zero-order chi connectivity index (χ0) is 9.90. The van der Waals surface area contributed by atoms with Crippen LogP contribution in [0.3, 0.4) is 0 Å². The lowest BCUT2D eigenvalue weighted by molar-refractivity contribution is -0.119. The molecule has 0 aromatic carbocycles. The third-order valence-corrected chi connectivity index (χ3v) is 2.81. The summed E-state index contributed by atoms with van der Waals surface area (Å²) in [7, 11) is 0. The van der Waals surface area contributed by atoms with Crippen LogP contribution in [0.4, 0.5) is 0 Å². The summed E-state index contributed by atoms with van der Waals surface area (Å²) in [5.74, 6) is 0.234. The minimum Gasteiger partial charge on any atom is -0.353 e. The van der Waals surface area contributed by atoms with E-state index in [2.05, 4.69) is 26.1 Å². The highest BCUT2D eigenvalue weighted by Crippen LogP contribution is 2.30. The maximum absolute atomic E-state index is 11.0. The minimum atomic E-state index is 0.234. The van der Waals surface area contributed by atoms with E-state index in [0.29, 0.717) is 11.5 Å². The highest BCUT2D eigenvalue weighted by Gasteiger charge is 2.27. The van der Waals surface area contributed by atoms with Crippen molar-refractivity contribution in [2.45, 2.75) is 58.9 Å². The van der Waals surface area contributed by atoms with E-state index < -0.39 is 0 Å². The summed E-state index contributed by atoms with van der Waals surface area (Å²) >= 11 is 0. The molecule has 0 aromatic heterocycles. The van der Waals surface area contributed by atoms with Gasteiger partial charge in [0.1, 0.15) is 0 Å². The number of carbonyl (C=O) groups is 1. The number of nitrogens with one attached hydrogen (secondary N) is 1. The maximum atomic E-state index is 11.0. The highest BCUT2D eigenvalue weighted by molar-refractivity contribution is 5.78. The van der Waals surface area contributed by atoms with Gasteiger partial charge in [-0.2, -0.15) is 0 Å². The molecule has 1 aliphatic rings. The van der Waals surface area contributed by atoms with Gasteiger partial charge in [-0.1, -0.05) is 27.2 Å². The Morgan fingerprint density at radius 1 is 1.54 bits per heavy atom. The van der Waals surface area contributed by atoms with Gasteiger partial charge in [0.15, 0.2) is 0 Å². The summed E-state index contributed by atoms with van der Waals surface area (Å²) in [6, 6.07) is 0.439. The molecule has 1 amide bonds. The normalized spacial score (nSPS) is 23.3. The molecule has 1 fully saturated rings. The van der Waals surface area contributed by atoms with Crippen molar-refractivity contribution in [1.82, 2.24) is 5.32 Å². The van der Waals surface area contributed by atoms with E-state index >= 15 is 0 Å². The molecule has 1 unspecified atom stereocenters. The van der Waals surface area contributed by atoms with E-state index in [4.69, 9.17) is 0 Å². The maximum Gasteiger partial charge on any atom is 0.220 e. The van der Waals surface area contributed by atoms with Crippen LogP contribution in [0.1, 0.15) is 52.9 Å². The Kier molecular flexibility index (Phi) is 3.34. The molecule has 13 heavy (non-hydrogen) atoms. The van der Waals surface area contributed by atoms with Crippen molar-refractivity contribution in [2.75, 3.05) is 0 Å². The molecule has 1 aliphatic heterocycles. The first-order chi connectivity index (χ1) is 6.03. The lowest BCUT2D eigenvalue weighted by atomic mass is 9.81. The van der Waals surface area contributed by atoms with E-state index in [1.54, 1.807) is 0 Å². The van der Waals surface area contributed by atoms with Gasteiger partial charge in [-0.25, -0.2) is 0 Å². The largest absolute Gasteiger partial charge is 0.353 e. The molecule has 0 spiro atoms. The quantitative estimate of drug-likeness (QED) is 0.712. The molecule has 2 nitrogen and oxygen atoms in total. The smallest absolute Gasteiger partial charge is 0.220 e. The Morgan fingerprint density at radius 2 is 2.23 bits per heavy atom. The first kappa shape index (κ1) is 10.6. The minimum absolute atomic E-state index is 0.234. The van der Waals surface area contributed by atoms with E-state index in [9.17, 15) is 4.79 Å². The number of hydrogen-bond acceptors (Lipinski definition) is 1. The zero-order valence-electron chi connectivity index (χ0n) is 9.02. The van der Waals surface area contributed by atoms with Crippen molar-refractivity contribution in [1.29, 1.82) is 0 Å². The van der Waals surface area contributed by atoms with E-state index in [-0.39, 0.29) is 5.91 Å². The zero-order valence-corrected chi connectivity index (χ0v) is 9.02. The van der Waals surface area contributed by atoms with Crippen LogP contribution < -0.4 is 5.32 Å². The van der Waals surface area contributed by atoms with Gasteiger partial charge in [-0.15, -0.1) is 0 Å². The first-order valence-electron chi connectivity index (χ1n) is 5.33. The second-order valence-corrected chi connectivity index (χ2v) is 4.92. The fourth-order valence-electron chi connectivity index (χ4n) is 2.28. The second-order valence-electron chi connectivity index (χ2n) is 4.92. The van der Waals surface area contributed by atoms with E-state index in [1.165, 1.54) is 12.8 Å². The number of rotatable bonds is 4. The van der Waals surface area contributed by atoms with Gasteiger partial charge >= 0.3 is 0 Å². The van der Waals surface area contributed by atoms with Crippen molar-refractivity contribution >= 4 is 5.91 Å². The Labute approximate surface area is 81.1 Å². The lowest BCUT2D eigenvalue weighted by Gasteiger charge is -2.27. The average Bonchev–Trinajstić information content (AvgIpc) is 2.34. The molecule has 2 heteroatoms. The Bertz CT molecular complexity index is 187. The van der Waals surface area contributed by atoms with E-state index in [1.807, 2.05) is 0 Å². The second kappa shape index (κ2) is 4.12. The van der Waals surface area contributed by atoms with Crippen molar-refractivity contribution in [3.63, 3.8) is 0 Å². The molecule has 0 aromatic rings. The molecule has 0 bridgehead atoms. The van der Waals surface area contributed by atoms with Crippen LogP contribution in [0.25, 0.3) is 0 Å². The van der Waals surface area contributed by atoms with Crippen LogP contribution in [0.15, 0.2) is 0 Å². The summed E-state index contributed by atoms with van der Waals surface area (Å²) in [5, 5.41) is 3.03. The predicted molar refractivity (Wildman–Crippen MR) is 54.5 cm³/mol. The third-order valence-electron chi connectivity index (χ3n) is 2.81. The Hall–Kier alpha value is -0.530. The number of carbonyl (C=O) groups excluding carboxylic acids is 1. The monoisotopic (exact) mass is 183 g/mol. The summed E-state index contributed by atoms with van der Waals surface area (Å²) in [6.45, 7) is 6.80. The van der Waals surface area contributed by atoms with Crippen LogP contribution in [-0.4, -0.2) is 11.9 Å². The van der Waals surface area contributed by atoms with Gasteiger partial charge in [0, 0.05) is 12.5 Å². The molecule has 76 valence electrons. The fraction of sp³-hybridized carbons (Fsp3) is 0.909. The molecule has 0 saturated carbocycles. The van der Waals surface area contributed by atoms with Crippen molar-refractivity contribution in [3.05, 3.63) is 0 Å². The van der Waals surface area contributed by atoms with Gasteiger partial charge in [-0.05, 0) is 24.7 Å². The van der Waals surface area contributed by atoms with Gasteiger partial charge < -0.3 is 5.32 Å². The molecule has 0 aliphatic carbocycles. The Morgan fingerprint density at radius 3 is 2.69 bits per heavy atom. The molecule has 1 atom stereocenters. The van der Waals surface area contributed by atoms with Gasteiger partial charge in [0.05, 0.1) is 0 Å². The predicted octanol–water partition coefficient (Wildman–Crippen LogP) is 2.48. The SMILES string of the molecule is CCCC(C)(C)CC1CCC(=O)N1. The van der Waals surface area contributed by atoms with Crippen LogP contribution in [0.5, 0.6) is 0 Å². The van der Waals surface area contributed by atoms with Gasteiger partial charge in [0.25, 0.3) is 0 Å². The third kappa shape index (κ3) is 3.37. The Balaban J connectivity index is 2.35. The molecule has 1 saturated heterocycles. The number of amides is 1. The summed E-state index contributed by atoms with van der Waals surface area (Å²) in [6.07, 6.45) is 5.37. The van der Waals surface area contributed by atoms with Gasteiger partial charge in [-0.3, -0.25) is 4.79 Å². The fourth-order valence-corrected chi connectivity index (χ4v) is 2.28. The first-order valence-corrected chi connectivity index (χ1v) is 5.33. The lowest BCUT2D eigenvalue weighted by Crippen LogP contribution is -2.30. The average molecular weight is 183 g/mol. The molecular weight excluding hydrogens is 162 g/mol. The van der Waals surface area contributed by atoms with Crippen LogP contribution in [-0.2, 0) is 4.79 Å². The van der Waals surface area contributed by atoms with Crippen LogP contribution in [0, 0.1) is 5.41 Å². The van der Waals surface area contributed by atoms with Crippen LogP contribution >= 0.6 is 0 Å². The topological polar surface area (TPSA) is 29.1 Å². The molecule has 1 rings (SSSR count). The standard InChI is InChI=1S/C11H21NO/c1-4-7-11(2,3)8-9-5-6-10(13)12-9/h9H,4-8H2,1-3H3,(H,12,13). The highest BCUT2D eigenvalue weighted by atomic mass is 16.1. The summed E-state index contributed by atoms with van der Waals surface area (Å²) in [4.78, 5) is 11.0. The van der Waals surface area contributed by atoms with E-state index in [0.717, 1.165) is 19.3 Å². The summed E-state index contributed by atoms with van der Waals surface area (Å²) in [5.41, 5.74) is 0.386. The van der Waals surface area contributed by atoms with Crippen molar-refractivity contribution in [3.8, 4) is 0 Å².